The van der Waals surface area contributed by atoms with Crippen LogP contribution in [0.3, 0.4) is 0 Å². The van der Waals surface area contributed by atoms with Crippen LogP contribution in [0.4, 0.5) is 4.79 Å². The molecule has 10 heteroatoms. The maximum absolute atomic E-state index is 13.1. The lowest BCUT2D eigenvalue weighted by Crippen LogP contribution is -2.50. The minimum absolute atomic E-state index is 0.0986. The van der Waals surface area contributed by atoms with Gasteiger partial charge in [-0.1, -0.05) is 78.9 Å². The van der Waals surface area contributed by atoms with Crippen LogP contribution in [0.25, 0.3) is 0 Å². The quantitative estimate of drug-likeness (QED) is 0.262. The average Bonchev–Trinajstić information content (AvgIpc) is 2.97. The highest BCUT2D eigenvalue weighted by molar-refractivity contribution is 7.91. The Hall–Kier alpha value is -3.89. The molecule has 1 heterocycles. The molecule has 3 aromatic rings. The van der Waals surface area contributed by atoms with Crippen molar-refractivity contribution >= 4 is 21.8 Å². The SMILES string of the molecule is Cc1cccc(C)c1OCC(=O)N[C@@H](Cc1ccccc1)[C@@H](O)C[C@H](Cc1ccccc1)NC(=O)O[C@@H]1CCCS(=O)(=O)C1. The van der Waals surface area contributed by atoms with Crippen molar-refractivity contribution < 1.29 is 32.6 Å². The Morgan fingerprint density at radius 2 is 1.50 bits per heavy atom. The van der Waals surface area contributed by atoms with Gasteiger partial charge in [0.25, 0.3) is 5.91 Å². The highest BCUT2D eigenvalue weighted by Crippen LogP contribution is 2.22. The lowest BCUT2D eigenvalue weighted by Gasteiger charge is -2.29. The van der Waals surface area contributed by atoms with Gasteiger partial charge in [0, 0.05) is 6.04 Å². The topological polar surface area (TPSA) is 131 Å². The van der Waals surface area contributed by atoms with Crippen molar-refractivity contribution in [2.45, 2.75) is 70.2 Å². The van der Waals surface area contributed by atoms with Crippen LogP contribution in [-0.4, -0.2) is 67.9 Å². The molecule has 1 aliphatic rings. The molecule has 1 fully saturated rings. The first kappa shape index (κ1) is 33.0. The molecule has 3 N–H and O–H groups in total. The van der Waals surface area contributed by atoms with Crippen LogP contribution in [0.5, 0.6) is 5.75 Å². The molecule has 44 heavy (non-hydrogen) atoms. The van der Waals surface area contributed by atoms with Crippen LogP contribution in [-0.2, 0) is 32.2 Å². The molecule has 0 unspecified atom stereocenters. The summed E-state index contributed by atoms with van der Waals surface area (Å²) >= 11 is 0. The Balaban J connectivity index is 1.46. The number of ether oxygens (including phenoxy) is 2. The zero-order valence-corrected chi connectivity index (χ0v) is 26.1. The fourth-order valence-electron chi connectivity index (χ4n) is 5.54. The summed E-state index contributed by atoms with van der Waals surface area (Å²) in [4.78, 5) is 26.0. The summed E-state index contributed by atoms with van der Waals surface area (Å²) in [7, 11) is -3.25. The predicted octanol–water partition coefficient (Wildman–Crippen LogP) is 4.08. The molecule has 3 aromatic carbocycles. The standard InChI is InChI=1S/C34H42N2O7S/c1-24-11-9-12-25(2)33(24)42-22-32(38)36-30(20-27-15-7-4-8-16-27)31(37)21-28(19-26-13-5-3-6-14-26)35-34(39)43-29-17-10-18-44(40,41)23-29/h3-9,11-16,28-31,37H,10,17-23H2,1-2H3,(H,35,39)(H,36,38)/t28-,29+,30-,31-/m0/s1. The number of carbonyl (C=O) groups is 2. The molecule has 1 saturated heterocycles. The number of hydrogen-bond acceptors (Lipinski definition) is 7. The summed E-state index contributed by atoms with van der Waals surface area (Å²) in [6.07, 6.45) is -0.680. The van der Waals surface area contributed by atoms with Crippen molar-refractivity contribution in [1.82, 2.24) is 10.6 Å². The van der Waals surface area contributed by atoms with Crippen molar-refractivity contribution in [2.24, 2.45) is 0 Å². The van der Waals surface area contributed by atoms with E-state index in [1.807, 2.05) is 92.7 Å². The Morgan fingerprint density at radius 3 is 2.11 bits per heavy atom. The van der Waals surface area contributed by atoms with Crippen molar-refractivity contribution in [3.8, 4) is 5.75 Å². The number of amides is 2. The number of carbonyl (C=O) groups excluding carboxylic acids is 2. The van der Waals surface area contributed by atoms with Crippen LogP contribution < -0.4 is 15.4 Å². The zero-order chi connectivity index (χ0) is 31.5. The van der Waals surface area contributed by atoms with Gasteiger partial charge in [0.15, 0.2) is 16.4 Å². The molecule has 2 amide bonds. The molecule has 4 rings (SSSR count). The van der Waals surface area contributed by atoms with Gasteiger partial charge in [0.05, 0.1) is 23.7 Å². The third-order valence-corrected chi connectivity index (χ3v) is 9.52. The van der Waals surface area contributed by atoms with Crippen molar-refractivity contribution in [3.05, 3.63) is 101 Å². The van der Waals surface area contributed by atoms with E-state index in [1.165, 1.54) is 0 Å². The third kappa shape index (κ3) is 10.4. The summed E-state index contributed by atoms with van der Waals surface area (Å²) in [5, 5.41) is 17.3. The Bertz CT molecular complexity index is 1460. The first-order valence-electron chi connectivity index (χ1n) is 15.0. The Labute approximate surface area is 259 Å². The molecular weight excluding hydrogens is 580 g/mol. The van der Waals surface area contributed by atoms with E-state index in [4.69, 9.17) is 9.47 Å². The van der Waals surface area contributed by atoms with Crippen molar-refractivity contribution in [3.63, 3.8) is 0 Å². The van der Waals surface area contributed by atoms with E-state index >= 15 is 0 Å². The first-order valence-corrected chi connectivity index (χ1v) is 16.8. The van der Waals surface area contributed by atoms with Gasteiger partial charge in [-0.25, -0.2) is 13.2 Å². The van der Waals surface area contributed by atoms with Crippen molar-refractivity contribution in [1.29, 1.82) is 0 Å². The van der Waals surface area contributed by atoms with E-state index < -0.39 is 40.2 Å². The molecule has 0 aromatic heterocycles. The Morgan fingerprint density at radius 1 is 0.886 bits per heavy atom. The number of alkyl carbamates (subject to hydrolysis) is 1. The maximum Gasteiger partial charge on any atom is 0.407 e. The molecule has 0 spiro atoms. The summed E-state index contributed by atoms with van der Waals surface area (Å²) in [5.41, 5.74) is 3.71. The van der Waals surface area contributed by atoms with Gasteiger partial charge in [-0.15, -0.1) is 0 Å². The molecule has 1 aliphatic heterocycles. The smallest absolute Gasteiger partial charge is 0.407 e. The normalized spacial score (nSPS) is 17.9. The van der Waals surface area contributed by atoms with Gasteiger partial charge in [-0.3, -0.25) is 4.79 Å². The van der Waals surface area contributed by atoms with Crippen LogP contribution in [0.2, 0.25) is 0 Å². The minimum atomic E-state index is -3.25. The van der Waals surface area contributed by atoms with E-state index in [9.17, 15) is 23.1 Å². The molecule has 0 bridgehead atoms. The maximum atomic E-state index is 13.1. The van der Waals surface area contributed by atoms with Gasteiger partial charge in [0.1, 0.15) is 11.9 Å². The largest absolute Gasteiger partial charge is 0.483 e. The highest BCUT2D eigenvalue weighted by Gasteiger charge is 2.30. The van der Waals surface area contributed by atoms with Gasteiger partial charge < -0.3 is 25.2 Å². The highest BCUT2D eigenvalue weighted by atomic mass is 32.2. The van der Waals surface area contributed by atoms with E-state index in [0.717, 1.165) is 22.3 Å². The summed E-state index contributed by atoms with van der Waals surface area (Å²) in [6, 6.07) is 23.6. The lowest BCUT2D eigenvalue weighted by molar-refractivity contribution is -0.124. The second-order valence-corrected chi connectivity index (χ2v) is 13.7. The summed E-state index contributed by atoms with van der Waals surface area (Å²) in [5.74, 6) is 0.181. The number of sulfone groups is 1. The monoisotopic (exact) mass is 622 g/mol. The average molecular weight is 623 g/mol. The van der Waals surface area contributed by atoms with Gasteiger partial charge in [0.2, 0.25) is 0 Å². The molecule has 236 valence electrons. The number of aryl methyl sites for hydroxylation is 2. The van der Waals surface area contributed by atoms with Gasteiger partial charge in [-0.2, -0.15) is 0 Å². The zero-order valence-electron chi connectivity index (χ0n) is 25.3. The lowest BCUT2D eigenvalue weighted by atomic mass is 9.93. The summed E-state index contributed by atoms with van der Waals surface area (Å²) in [6.45, 7) is 3.62. The molecule has 0 radical (unpaired) electrons. The molecule has 0 saturated carbocycles. The van der Waals surface area contributed by atoms with Crippen LogP contribution in [0.15, 0.2) is 78.9 Å². The van der Waals surface area contributed by atoms with E-state index in [2.05, 4.69) is 10.6 Å². The van der Waals surface area contributed by atoms with E-state index in [1.54, 1.807) is 0 Å². The van der Waals surface area contributed by atoms with Crippen molar-refractivity contribution in [2.75, 3.05) is 18.1 Å². The number of rotatable bonds is 13. The fraction of sp³-hybridized carbons (Fsp3) is 0.412. The van der Waals surface area contributed by atoms with Gasteiger partial charge >= 0.3 is 6.09 Å². The number of benzene rings is 3. The van der Waals surface area contributed by atoms with Crippen LogP contribution >= 0.6 is 0 Å². The van der Waals surface area contributed by atoms with Crippen LogP contribution in [0.1, 0.15) is 41.5 Å². The predicted molar refractivity (Wildman–Crippen MR) is 169 cm³/mol. The molecule has 0 aliphatic carbocycles. The second-order valence-electron chi connectivity index (χ2n) is 11.5. The van der Waals surface area contributed by atoms with E-state index in [-0.39, 0.29) is 30.4 Å². The molecule has 4 atom stereocenters. The Kier molecular flexibility index (Phi) is 11.8. The number of hydrogen-bond donors (Lipinski definition) is 3. The number of para-hydroxylation sites is 1. The summed E-state index contributed by atoms with van der Waals surface area (Å²) < 4.78 is 35.4. The molecule has 9 nitrogen and oxygen atoms in total. The van der Waals surface area contributed by atoms with Crippen LogP contribution in [0, 0.1) is 13.8 Å². The number of aliphatic hydroxyl groups excluding tert-OH is 1. The fourth-order valence-corrected chi connectivity index (χ4v) is 7.11. The number of nitrogens with one attached hydrogen (secondary N) is 2. The number of aliphatic hydroxyl groups is 1. The minimum Gasteiger partial charge on any atom is -0.483 e. The first-order chi connectivity index (χ1) is 21.1. The second kappa shape index (κ2) is 15.7. The third-order valence-electron chi connectivity index (χ3n) is 7.73. The molecular formula is C34H42N2O7S. The van der Waals surface area contributed by atoms with Gasteiger partial charge in [-0.05, 0) is 68.2 Å². The van der Waals surface area contributed by atoms with E-state index in [0.29, 0.717) is 31.4 Å².